The van der Waals surface area contributed by atoms with Crippen LogP contribution >= 0.6 is 11.6 Å². The molecule has 7 heteroatoms. The summed E-state index contributed by atoms with van der Waals surface area (Å²) in [7, 11) is 0. The van der Waals surface area contributed by atoms with Crippen molar-refractivity contribution in [1.29, 1.82) is 0 Å². The monoisotopic (exact) mass is 394 g/mol. The van der Waals surface area contributed by atoms with Crippen LogP contribution in [0.3, 0.4) is 0 Å². The highest BCUT2D eigenvalue weighted by Gasteiger charge is 2.24. The first-order valence-corrected chi connectivity index (χ1v) is 9.39. The van der Waals surface area contributed by atoms with E-state index < -0.39 is 0 Å². The third-order valence-electron chi connectivity index (χ3n) is 4.68. The molecule has 2 atom stereocenters. The van der Waals surface area contributed by atoms with Gasteiger partial charge in [0.15, 0.2) is 0 Å². The Morgan fingerprint density at radius 3 is 3.04 bits per heavy atom. The minimum atomic E-state index is -0.256. The lowest BCUT2D eigenvalue weighted by atomic mass is 10.1. The van der Waals surface area contributed by atoms with Crippen molar-refractivity contribution in [1.82, 2.24) is 19.9 Å². The number of pyridine rings is 1. The molecule has 1 aliphatic rings. The van der Waals surface area contributed by atoms with Crippen molar-refractivity contribution in [2.24, 2.45) is 0 Å². The van der Waals surface area contributed by atoms with Gasteiger partial charge in [-0.2, -0.15) is 0 Å². The van der Waals surface area contributed by atoms with Crippen LogP contribution in [0.2, 0.25) is 5.02 Å². The van der Waals surface area contributed by atoms with Gasteiger partial charge in [0.05, 0.1) is 34.3 Å². The molecule has 28 heavy (non-hydrogen) atoms. The molecule has 6 nitrogen and oxygen atoms in total. The maximum atomic E-state index is 12.5. The molecule has 0 amide bonds. The fourth-order valence-electron chi connectivity index (χ4n) is 3.48. The molecule has 0 unspecified atom stereocenters. The summed E-state index contributed by atoms with van der Waals surface area (Å²) in [5.74, 6) is 3.24. The Hall–Kier alpha value is -2.72. The van der Waals surface area contributed by atoms with Crippen molar-refractivity contribution in [3.8, 4) is 23.6 Å². The quantitative estimate of drug-likeness (QED) is 0.692. The lowest BCUT2D eigenvalue weighted by Crippen LogP contribution is -2.45. The van der Waals surface area contributed by atoms with Crippen LogP contribution in [0.5, 0.6) is 0 Å². The van der Waals surface area contributed by atoms with Crippen molar-refractivity contribution in [2.75, 3.05) is 13.1 Å². The molecule has 1 aliphatic heterocycles. The summed E-state index contributed by atoms with van der Waals surface area (Å²) in [6.07, 6.45) is 6.97. The van der Waals surface area contributed by atoms with Crippen molar-refractivity contribution in [3.05, 3.63) is 57.7 Å². The third kappa shape index (κ3) is 3.78. The number of terminal acetylenes is 1. The predicted molar refractivity (Wildman–Crippen MR) is 109 cm³/mol. The SMILES string of the molecule is C#C[C@@H]1CN(Cc2nc3cc(-c4ncccc4Cl)ccc3c(=O)[nH]2)C[C@@H](C)O1. The first-order chi connectivity index (χ1) is 13.5. The molecule has 0 radical (unpaired) electrons. The summed E-state index contributed by atoms with van der Waals surface area (Å²) >= 11 is 6.26. The molecule has 142 valence electrons. The van der Waals surface area contributed by atoms with E-state index in [0.29, 0.717) is 40.5 Å². The van der Waals surface area contributed by atoms with Crippen LogP contribution in [0.4, 0.5) is 0 Å². The molecule has 4 rings (SSSR count). The number of nitrogens with one attached hydrogen (secondary N) is 1. The second-order valence-corrected chi connectivity index (χ2v) is 7.28. The number of aromatic amines is 1. The van der Waals surface area contributed by atoms with Gasteiger partial charge in [-0.05, 0) is 31.2 Å². The van der Waals surface area contributed by atoms with E-state index in [-0.39, 0.29) is 17.8 Å². The van der Waals surface area contributed by atoms with Gasteiger partial charge >= 0.3 is 0 Å². The Morgan fingerprint density at radius 1 is 1.39 bits per heavy atom. The molecule has 2 aromatic heterocycles. The van der Waals surface area contributed by atoms with E-state index in [0.717, 1.165) is 12.1 Å². The number of benzene rings is 1. The number of hydrogen-bond acceptors (Lipinski definition) is 5. The predicted octanol–water partition coefficient (Wildman–Crippen LogP) is 2.86. The smallest absolute Gasteiger partial charge is 0.258 e. The lowest BCUT2D eigenvalue weighted by molar-refractivity contribution is -0.0539. The van der Waals surface area contributed by atoms with Gasteiger partial charge in [-0.15, -0.1) is 6.42 Å². The second-order valence-electron chi connectivity index (χ2n) is 6.87. The van der Waals surface area contributed by atoms with Gasteiger partial charge in [0.2, 0.25) is 0 Å². The highest BCUT2D eigenvalue weighted by Crippen LogP contribution is 2.26. The number of halogens is 1. The molecule has 0 spiro atoms. The van der Waals surface area contributed by atoms with E-state index in [9.17, 15) is 4.79 Å². The Balaban J connectivity index is 1.68. The fraction of sp³-hybridized carbons (Fsp3) is 0.286. The standard InChI is InChI=1S/C21H19ClN4O2/c1-3-15-11-26(10-13(2)28-15)12-19-24-18-9-14(6-7-16(18)21(27)25-19)20-17(22)5-4-8-23-20/h1,4-9,13,15H,10-12H2,2H3,(H,24,25,27)/t13-,15-/m1/s1. The number of fused-ring (bicyclic) bond motifs is 1. The molecule has 1 fully saturated rings. The van der Waals surface area contributed by atoms with Crippen molar-refractivity contribution < 1.29 is 4.74 Å². The van der Waals surface area contributed by atoms with Crippen molar-refractivity contribution in [3.63, 3.8) is 0 Å². The minimum Gasteiger partial charge on any atom is -0.360 e. The van der Waals surface area contributed by atoms with Crippen LogP contribution in [0, 0.1) is 12.3 Å². The highest BCUT2D eigenvalue weighted by molar-refractivity contribution is 6.33. The van der Waals surface area contributed by atoms with E-state index in [1.165, 1.54) is 0 Å². The molecular formula is C21H19ClN4O2. The largest absolute Gasteiger partial charge is 0.360 e. The van der Waals surface area contributed by atoms with E-state index >= 15 is 0 Å². The van der Waals surface area contributed by atoms with Crippen LogP contribution in [-0.2, 0) is 11.3 Å². The molecule has 0 saturated carbocycles. The van der Waals surface area contributed by atoms with Crippen molar-refractivity contribution >= 4 is 22.5 Å². The van der Waals surface area contributed by atoms with E-state index in [1.807, 2.05) is 19.1 Å². The second kappa shape index (κ2) is 7.72. The first kappa shape index (κ1) is 18.6. The number of ether oxygens (including phenoxy) is 1. The highest BCUT2D eigenvalue weighted by atomic mass is 35.5. The number of rotatable bonds is 3. The average molecular weight is 395 g/mol. The Morgan fingerprint density at radius 2 is 2.25 bits per heavy atom. The van der Waals surface area contributed by atoms with Gasteiger partial charge in [-0.1, -0.05) is 23.6 Å². The molecule has 1 N–H and O–H groups in total. The van der Waals surface area contributed by atoms with Gasteiger partial charge in [0, 0.05) is 24.8 Å². The number of morpholine rings is 1. The van der Waals surface area contributed by atoms with Crippen LogP contribution in [0.25, 0.3) is 22.2 Å². The normalized spacial score (nSPS) is 20.2. The summed E-state index contributed by atoms with van der Waals surface area (Å²) in [4.78, 5) is 26.5. The maximum Gasteiger partial charge on any atom is 0.258 e. The molecule has 3 heterocycles. The van der Waals surface area contributed by atoms with Crippen LogP contribution < -0.4 is 5.56 Å². The summed E-state index contributed by atoms with van der Waals surface area (Å²) in [5.41, 5.74) is 1.91. The summed E-state index contributed by atoms with van der Waals surface area (Å²) in [5, 5.41) is 1.07. The summed E-state index contributed by atoms with van der Waals surface area (Å²) in [6.45, 7) is 3.80. The third-order valence-corrected chi connectivity index (χ3v) is 4.99. The van der Waals surface area contributed by atoms with Gasteiger partial charge in [-0.25, -0.2) is 4.98 Å². The van der Waals surface area contributed by atoms with Crippen LogP contribution in [-0.4, -0.2) is 45.1 Å². The minimum absolute atomic E-state index is 0.0277. The van der Waals surface area contributed by atoms with Crippen LogP contribution in [0.15, 0.2) is 41.3 Å². The van der Waals surface area contributed by atoms with E-state index in [2.05, 4.69) is 25.8 Å². The summed E-state index contributed by atoms with van der Waals surface area (Å²) in [6, 6.07) is 8.98. The maximum absolute atomic E-state index is 12.5. The zero-order chi connectivity index (χ0) is 19.7. The molecule has 3 aromatic rings. The first-order valence-electron chi connectivity index (χ1n) is 9.01. The molecule has 1 aromatic carbocycles. The zero-order valence-electron chi connectivity index (χ0n) is 15.4. The topological polar surface area (TPSA) is 71.1 Å². The van der Waals surface area contributed by atoms with E-state index in [1.54, 1.807) is 24.4 Å². The number of nitrogens with zero attached hydrogens (tertiary/aromatic N) is 3. The fourth-order valence-corrected chi connectivity index (χ4v) is 3.71. The Labute approximate surface area is 167 Å². The number of hydrogen-bond donors (Lipinski definition) is 1. The Bertz CT molecular complexity index is 1120. The molecule has 0 aliphatic carbocycles. The molecule has 0 bridgehead atoms. The average Bonchev–Trinajstić information content (AvgIpc) is 2.67. The van der Waals surface area contributed by atoms with Gasteiger partial charge in [-0.3, -0.25) is 14.7 Å². The van der Waals surface area contributed by atoms with Crippen LogP contribution in [0.1, 0.15) is 12.7 Å². The lowest BCUT2D eigenvalue weighted by Gasteiger charge is -2.34. The van der Waals surface area contributed by atoms with E-state index in [4.69, 9.17) is 22.8 Å². The Kier molecular flexibility index (Phi) is 5.14. The van der Waals surface area contributed by atoms with Crippen molar-refractivity contribution in [2.45, 2.75) is 25.7 Å². The van der Waals surface area contributed by atoms with Gasteiger partial charge in [0.25, 0.3) is 5.56 Å². The molecule has 1 saturated heterocycles. The summed E-state index contributed by atoms with van der Waals surface area (Å²) < 4.78 is 5.68. The van der Waals surface area contributed by atoms with Gasteiger partial charge in [0.1, 0.15) is 11.9 Å². The number of H-pyrrole nitrogens is 1. The van der Waals surface area contributed by atoms with Gasteiger partial charge < -0.3 is 9.72 Å². The molecular weight excluding hydrogens is 376 g/mol. The zero-order valence-corrected chi connectivity index (χ0v) is 16.1. The number of aromatic nitrogens is 3.